The van der Waals surface area contributed by atoms with Crippen LogP contribution in [0.4, 0.5) is 17.6 Å². The molecule has 0 aliphatic rings. The van der Waals surface area contributed by atoms with Crippen LogP contribution in [-0.2, 0) is 0 Å². The lowest BCUT2D eigenvalue weighted by atomic mass is 10.3. The maximum absolute atomic E-state index is 12.8. The summed E-state index contributed by atoms with van der Waals surface area (Å²) in [5.41, 5.74) is -0.602. The lowest BCUT2D eigenvalue weighted by Crippen LogP contribution is -2.28. The van der Waals surface area contributed by atoms with Crippen LogP contribution in [0.2, 0.25) is 5.15 Å². The smallest absolute Gasteiger partial charge is 0.411 e. The van der Waals surface area contributed by atoms with E-state index in [1.165, 1.54) is 6.07 Å². The first kappa shape index (κ1) is 12.5. The second-order valence-electron chi connectivity index (χ2n) is 2.60. The van der Waals surface area contributed by atoms with Gasteiger partial charge in [0.25, 0.3) is 0 Å². The van der Waals surface area contributed by atoms with Crippen molar-refractivity contribution in [3.05, 3.63) is 22.6 Å². The molecule has 0 saturated heterocycles. The monoisotopic (exact) mass is 254 g/mol. The third-order valence-corrected chi connectivity index (χ3v) is 1.69. The van der Waals surface area contributed by atoms with Gasteiger partial charge in [0.2, 0.25) is 5.88 Å². The van der Waals surface area contributed by atoms with E-state index in [1.807, 2.05) is 0 Å². The average Bonchev–Trinajstić information content (AvgIpc) is 2.22. The standard InChI is InChI=1S/C8H3ClF4N2O/c9-6-5(11)1-4(2-14)7(15-6)16-8(12,13)3-10/h1H,3H2. The van der Waals surface area contributed by atoms with Crippen LogP contribution in [0.3, 0.4) is 0 Å². The molecule has 3 nitrogen and oxygen atoms in total. The first-order chi connectivity index (χ1) is 7.39. The molecular weight excluding hydrogens is 252 g/mol. The molecule has 16 heavy (non-hydrogen) atoms. The Bertz CT molecular complexity index is 446. The van der Waals surface area contributed by atoms with Crippen LogP contribution in [0.25, 0.3) is 0 Å². The molecule has 0 aliphatic heterocycles. The third-order valence-electron chi connectivity index (χ3n) is 1.42. The first-order valence-electron chi connectivity index (χ1n) is 3.78. The van der Waals surface area contributed by atoms with Gasteiger partial charge in [-0.15, -0.1) is 0 Å². The summed E-state index contributed by atoms with van der Waals surface area (Å²) in [6.45, 7) is -2.10. The zero-order chi connectivity index (χ0) is 12.3. The van der Waals surface area contributed by atoms with Gasteiger partial charge in [-0.3, -0.25) is 0 Å². The molecule has 0 fully saturated rings. The van der Waals surface area contributed by atoms with Crippen molar-refractivity contribution in [3.63, 3.8) is 0 Å². The molecule has 0 aromatic carbocycles. The van der Waals surface area contributed by atoms with E-state index in [9.17, 15) is 17.6 Å². The average molecular weight is 255 g/mol. The maximum Gasteiger partial charge on any atom is 0.428 e. The van der Waals surface area contributed by atoms with E-state index in [0.29, 0.717) is 6.07 Å². The van der Waals surface area contributed by atoms with Gasteiger partial charge in [0.1, 0.15) is 11.6 Å². The summed E-state index contributed by atoms with van der Waals surface area (Å²) in [6, 6.07) is 1.94. The second-order valence-corrected chi connectivity index (χ2v) is 2.96. The van der Waals surface area contributed by atoms with Crippen LogP contribution >= 0.6 is 11.6 Å². The predicted octanol–water partition coefficient (Wildman–Crippen LogP) is 2.69. The van der Waals surface area contributed by atoms with Crippen LogP contribution < -0.4 is 4.74 Å². The molecule has 0 unspecified atom stereocenters. The summed E-state index contributed by atoms with van der Waals surface area (Å²) in [5.74, 6) is -1.98. The highest BCUT2D eigenvalue weighted by Gasteiger charge is 2.33. The van der Waals surface area contributed by atoms with Crippen molar-refractivity contribution >= 4 is 11.6 Å². The molecule has 1 heterocycles. The molecule has 0 spiro atoms. The Morgan fingerprint density at radius 1 is 1.56 bits per heavy atom. The zero-order valence-corrected chi connectivity index (χ0v) is 8.23. The lowest BCUT2D eigenvalue weighted by Gasteiger charge is -2.14. The normalized spacial score (nSPS) is 11.0. The number of ether oxygens (including phenoxy) is 1. The van der Waals surface area contributed by atoms with Crippen LogP contribution in [0.15, 0.2) is 6.07 Å². The zero-order valence-electron chi connectivity index (χ0n) is 7.48. The molecule has 0 N–H and O–H groups in total. The molecule has 0 bridgehead atoms. The summed E-state index contributed by atoms with van der Waals surface area (Å²) in [7, 11) is 0. The number of halogens is 5. The number of hydrogen-bond donors (Lipinski definition) is 0. The van der Waals surface area contributed by atoms with Crippen LogP contribution in [-0.4, -0.2) is 17.8 Å². The van der Waals surface area contributed by atoms with Crippen molar-refractivity contribution in [2.45, 2.75) is 6.11 Å². The fourth-order valence-corrected chi connectivity index (χ4v) is 0.909. The third kappa shape index (κ3) is 2.73. The summed E-state index contributed by atoms with van der Waals surface area (Å²) < 4.78 is 53.4. The van der Waals surface area contributed by atoms with Gasteiger partial charge in [0.05, 0.1) is 0 Å². The predicted molar refractivity (Wildman–Crippen MR) is 45.5 cm³/mol. The van der Waals surface area contributed by atoms with Gasteiger partial charge in [-0.2, -0.15) is 19.0 Å². The number of hydrogen-bond acceptors (Lipinski definition) is 3. The van der Waals surface area contributed by atoms with Crippen molar-refractivity contribution in [2.75, 3.05) is 6.67 Å². The highest BCUT2D eigenvalue weighted by Crippen LogP contribution is 2.26. The number of rotatable bonds is 3. The van der Waals surface area contributed by atoms with E-state index >= 15 is 0 Å². The van der Waals surface area contributed by atoms with E-state index in [2.05, 4.69) is 9.72 Å². The molecule has 8 heteroatoms. The topological polar surface area (TPSA) is 45.9 Å². The molecule has 1 aromatic heterocycles. The van der Waals surface area contributed by atoms with E-state index in [-0.39, 0.29) is 0 Å². The Morgan fingerprint density at radius 3 is 2.69 bits per heavy atom. The summed E-state index contributed by atoms with van der Waals surface area (Å²) in [5, 5.41) is 7.74. The minimum atomic E-state index is -4.14. The summed E-state index contributed by atoms with van der Waals surface area (Å²) >= 11 is 5.20. The second kappa shape index (κ2) is 4.53. The van der Waals surface area contributed by atoms with E-state index in [1.54, 1.807) is 0 Å². The number of pyridine rings is 1. The molecule has 86 valence electrons. The van der Waals surface area contributed by atoms with Crippen LogP contribution in [0.5, 0.6) is 5.88 Å². The van der Waals surface area contributed by atoms with Gasteiger partial charge >= 0.3 is 6.11 Å². The van der Waals surface area contributed by atoms with E-state index < -0.39 is 35.2 Å². The molecule has 0 aliphatic carbocycles. The highest BCUT2D eigenvalue weighted by atomic mass is 35.5. The Hall–Kier alpha value is -1.55. The number of alkyl halides is 3. The minimum absolute atomic E-state index is 0.568. The fraction of sp³-hybridized carbons (Fsp3) is 0.250. The quantitative estimate of drug-likeness (QED) is 0.615. The molecule has 0 atom stereocenters. The Labute approximate surface area is 92.2 Å². The lowest BCUT2D eigenvalue weighted by molar-refractivity contribution is -0.188. The van der Waals surface area contributed by atoms with Crippen LogP contribution in [0.1, 0.15) is 5.56 Å². The van der Waals surface area contributed by atoms with Gasteiger partial charge < -0.3 is 4.74 Å². The van der Waals surface area contributed by atoms with Crippen molar-refractivity contribution in [1.29, 1.82) is 5.26 Å². The first-order valence-corrected chi connectivity index (χ1v) is 4.16. The molecular formula is C8H3ClF4N2O. The van der Waals surface area contributed by atoms with Gasteiger partial charge in [-0.25, -0.2) is 8.78 Å². The highest BCUT2D eigenvalue weighted by molar-refractivity contribution is 6.29. The molecule has 0 radical (unpaired) electrons. The van der Waals surface area contributed by atoms with Gasteiger partial charge in [-0.05, 0) is 0 Å². The number of aromatic nitrogens is 1. The van der Waals surface area contributed by atoms with Crippen molar-refractivity contribution in [2.24, 2.45) is 0 Å². The molecule has 0 saturated carbocycles. The Balaban J connectivity index is 3.14. The van der Waals surface area contributed by atoms with Crippen molar-refractivity contribution in [1.82, 2.24) is 4.98 Å². The SMILES string of the molecule is N#Cc1cc(F)c(Cl)nc1OC(F)(F)CF. The van der Waals surface area contributed by atoms with E-state index in [4.69, 9.17) is 16.9 Å². The maximum atomic E-state index is 12.8. The molecule has 1 rings (SSSR count). The van der Waals surface area contributed by atoms with Gasteiger partial charge in [0, 0.05) is 6.07 Å². The number of nitrogens with zero attached hydrogens (tertiary/aromatic N) is 2. The fourth-order valence-electron chi connectivity index (χ4n) is 0.777. The Morgan fingerprint density at radius 2 is 2.19 bits per heavy atom. The number of nitriles is 1. The minimum Gasteiger partial charge on any atom is -0.411 e. The van der Waals surface area contributed by atoms with Gasteiger partial charge in [0.15, 0.2) is 17.6 Å². The van der Waals surface area contributed by atoms with Crippen LogP contribution in [0, 0.1) is 17.1 Å². The molecule has 1 aromatic rings. The van der Waals surface area contributed by atoms with E-state index in [0.717, 1.165) is 0 Å². The van der Waals surface area contributed by atoms with Crippen molar-refractivity contribution < 1.29 is 22.3 Å². The largest absolute Gasteiger partial charge is 0.428 e. The summed E-state index contributed by atoms with van der Waals surface area (Å²) in [6.07, 6.45) is -4.14. The Kier molecular flexibility index (Phi) is 3.55. The molecule has 0 amide bonds. The summed E-state index contributed by atoms with van der Waals surface area (Å²) in [4.78, 5) is 3.08. The van der Waals surface area contributed by atoms with Crippen molar-refractivity contribution in [3.8, 4) is 11.9 Å². The van der Waals surface area contributed by atoms with Gasteiger partial charge in [-0.1, -0.05) is 11.6 Å².